The van der Waals surface area contributed by atoms with E-state index < -0.39 is 8.24 Å². The number of hydrogen-bond donors (Lipinski definition) is 0. The zero-order valence-corrected chi connectivity index (χ0v) is 22.0. The van der Waals surface area contributed by atoms with Crippen LogP contribution in [0.1, 0.15) is 53.5 Å². The Labute approximate surface area is 187 Å². The average molecular weight is 425 g/mol. The van der Waals surface area contributed by atoms with Gasteiger partial charge in [0.2, 0.25) is 0 Å². The topological polar surface area (TPSA) is 6.48 Å². The smallest absolute Gasteiger partial charge is 0.161 e. The summed E-state index contributed by atoms with van der Waals surface area (Å²) in [5.41, 5.74) is 2.23. The number of benzene rings is 1. The van der Waals surface area contributed by atoms with Gasteiger partial charge < -0.3 is 9.47 Å². The zero-order chi connectivity index (χ0) is 22.5. The van der Waals surface area contributed by atoms with Crippen LogP contribution < -0.4 is 5.19 Å². The summed E-state index contributed by atoms with van der Waals surface area (Å²) in [7, 11) is 2.45. The van der Waals surface area contributed by atoms with Gasteiger partial charge in [-0.3, -0.25) is 0 Å². The molecule has 0 heterocycles. The molecule has 3 rings (SSSR count). The number of nitrogens with zero attached hydrogens (tertiary/aromatic N) is 2. The van der Waals surface area contributed by atoms with E-state index in [0.717, 1.165) is 0 Å². The Balaban J connectivity index is 2.23. The van der Waals surface area contributed by atoms with Gasteiger partial charge in [-0.15, -0.1) is 0 Å². The van der Waals surface area contributed by atoms with E-state index in [9.17, 15) is 0 Å². The molecule has 5 atom stereocenters. The molecule has 0 aromatic heterocycles. The molecule has 0 spiro atoms. The fraction of sp³-hybridized carbons (Fsp3) is 0.630. The van der Waals surface area contributed by atoms with Gasteiger partial charge in [-0.1, -0.05) is 60.7 Å². The van der Waals surface area contributed by atoms with Crippen molar-refractivity contribution in [3.05, 3.63) is 54.1 Å². The van der Waals surface area contributed by atoms with E-state index in [2.05, 4.69) is 127 Å². The summed E-state index contributed by atoms with van der Waals surface area (Å²) in [6, 6.07) is 10.2. The highest BCUT2D eigenvalue weighted by Gasteiger charge is 2.58. The van der Waals surface area contributed by atoms with Crippen molar-refractivity contribution in [2.24, 2.45) is 11.8 Å². The fourth-order valence-corrected chi connectivity index (χ4v) is 13.4. The van der Waals surface area contributed by atoms with Crippen LogP contribution in [0.4, 0.5) is 0 Å². The third-order valence-corrected chi connectivity index (χ3v) is 13.3. The Morgan fingerprint density at radius 1 is 0.833 bits per heavy atom. The second-order valence-corrected chi connectivity index (χ2v) is 16.0. The fourth-order valence-electron chi connectivity index (χ4n) is 6.96. The minimum atomic E-state index is -2.09. The number of hydrogen-bond acceptors (Lipinski definition) is 2. The zero-order valence-electron chi connectivity index (χ0n) is 21.0. The van der Waals surface area contributed by atoms with Crippen molar-refractivity contribution in [3.63, 3.8) is 0 Å². The molecule has 0 N–H and O–H groups in total. The maximum absolute atomic E-state index is 2.95. The molecule has 0 aliphatic heterocycles. The van der Waals surface area contributed by atoms with Gasteiger partial charge in [0, 0.05) is 17.1 Å². The molecule has 3 heteroatoms. The van der Waals surface area contributed by atoms with Crippen LogP contribution in [-0.4, -0.2) is 48.9 Å². The highest BCUT2D eigenvalue weighted by molar-refractivity contribution is 6.90. The molecule has 0 radical (unpaired) electrons. The Morgan fingerprint density at radius 3 is 1.80 bits per heavy atom. The molecule has 2 aliphatic rings. The van der Waals surface area contributed by atoms with Crippen molar-refractivity contribution in [3.8, 4) is 0 Å². The molecule has 2 nitrogen and oxygen atoms in total. The first-order valence-electron chi connectivity index (χ1n) is 11.7. The summed E-state index contributed by atoms with van der Waals surface area (Å²) in [4.78, 5) is 2.48. The first-order chi connectivity index (χ1) is 13.8. The van der Waals surface area contributed by atoms with Crippen LogP contribution in [-0.2, 0) is 0 Å². The van der Waals surface area contributed by atoms with E-state index in [1.54, 1.807) is 5.19 Å². The van der Waals surface area contributed by atoms with Crippen molar-refractivity contribution >= 4 is 13.4 Å². The van der Waals surface area contributed by atoms with E-state index in [1.165, 1.54) is 12.0 Å². The maximum Gasteiger partial charge on any atom is 0.161 e. The first-order valence-corrected chi connectivity index (χ1v) is 14.2. The molecule has 166 valence electrons. The van der Waals surface area contributed by atoms with Crippen LogP contribution in [0.2, 0.25) is 12.1 Å². The molecule has 1 aromatic rings. The van der Waals surface area contributed by atoms with Crippen molar-refractivity contribution in [1.29, 1.82) is 0 Å². The lowest BCUT2D eigenvalue weighted by Crippen LogP contribution is -2.73. The van der Waals surface area contributed by atoms with Crippen LogP contribution in [0, 0.1) is 18.8 Å². The van der Waals surface area contributed by atoms with Crippen LogP contribution in [0.25, 0.3) is 0 Å². The average Bonchev–Trinajstić information content (AvgIpc) is 3.00. The molecular formula is C27H44N2Si. The van der Waals surface area contributed by atoms with Gasteiger partial charge in [0.1, 0.15) is 0 Å². The van der Waals surface area contributed by atoms with E-state index in [0.29, 0.717) is 23.4 Å². The Morgan fingerprint density at radius 2 is 1.33 bits per heavy atom. The predicted octanol–water partition coefficient (Wildman–Crippen LogP) is 5.74. The number of aryl methyl sites for hydroxylation is 1. The van der Waals surface area contributed by atoms with E-state index in [4.69, 9.17) is 0 Å². The lowest BCUT2D eigenvalue weighted by atomic mass is 9.89. The highest BCUT2D eigenvalue weighted by atomic mass is 28.3. The summed E-state index contributed by atoms with van der Waals surface area (Å²) >= 11 is 0. The van der Waals surface area contributed by atoms with Crippen LogP contribution in [0.15, 0.2) is 48.6 Å². The van der Waals surface area contributed by atoms with Crippen LogP contribution >= 0.6 is 0 Å². The second-order valence-electron chi connectivity index (χ2n) is 12.0. The number of fused-ring (bicyclic) bond motifs is 1. The summed E-state index contributed by atoms with van der Waals surface area (Å²) in [5, 5.41) is 1.59. The van der Waals surface area contributed by atoms with Gasteiger partial charge in [-0.05, 0) is 91.5 Å². The van der Waals surface area contributed by atoms with Crippen LogP contribution in [0.3, 0.4) is 0 Å². The Kier molecular flexibility index (Phi) is 6.32. The minimum Gasteiger partial charge on any atom is -0.310 e. The molecule has 0 amide bonds. The van der Waals surface area contributed by atoms with E-state index >= 15 is 0 Å². The van der Waals surface area contributed by atoms with Crippen molar-refractivity contribution in [2.75, 3.05) is 14.1 Å². The highest BCUT2D eigenvalue weighted by Crippen LogP contribution is 2.53. The molecular weight excluding hydrogens is 380 g/mol. The molecule has 1 fully saturated rings. The number of rotatable bonds is 4. The quantitative estimate of drug-likeness (QED) is 0.569. The van der Waals surface area contributed by atoms with Gasteiger partial charge in [0.15, 0.2) is 8.24 Å². The van der Waals surface area contributed by atoms with E-state index in [-0.39, 0.29) is 11.1 Å². The Bertz CT molecular complexity index is 780. The number of allylic oxidation sites excluding steroid dienone is 3. The first kappa shape index (κ1) is 23.5. The summed E-state index contributed by atoms with van der Waals surface area (Å²) < 4.78 is 2.95. The summed E-state index contributed by atoms with van der Waals surface area (Å²) in [6.45, 7) is 19.4. The molecule has 30 heavy (non-hydrogen) atoms. The molecule has 5 unspecified atom stereocenters. The second kappa shape index (κ2) is 8.07. The van der Waals surface area contributed by atoms with Crippen molar-refractivity contribution in [2.45, 2.75) is 84.1 Å². The van der Waals surface area contributed by atoms with Gasteiger partial charge in [0.25, 0.3) is 0 Å². The van der Waals surface area contributed by atoms with Crippen molar-refractivity contribution in [1.82, 2.24) is 9.47 Å². The van der Waals surface area contributed by atoms with Crippen LogP contribution in [0.5, 0.6) is 0 Å². The minimum absolute atomic E-state index is 0.101. The maximum atomic E-state index is 2.95. The van der Waals surface area contributed by atoms with Gasteiger partial charge in [0.05, 0.1) is 0 Å². The van der Waals surface area contributed by atoms with Gasteiger partial charge in [-0.25, -0.2) is 0 Å². The lowest BCUT2D eigenvalue weighted by Gasteiger charge is -2.58. The normalized spacial score (nSPS) is 28.8. The van der Waals surface area contributed by atoms with Gasteiger partial charge in [-0.2, -0.15) is 0 Å². The van der Waals surface area contributed by atoms with Gasteiger partial charge >= 0.3 is 0 Å². The molecule has 0 bridgehead atoms. The molecule has 1 aromatic carbocycles. The largest absolute Gasteiger partial charge is 0.310 e. The third kappa shape index (κ3) is 4.13. The third-order valence-electron chi connectivity index (χ3n) is 7.45. The standard InChI is InChI=1S/C27H44N2Si/c1-20-15-17-21(18-16-20)30(10,29(26(2,3)4)27(5,6)7)25-19-24(28(8)9)22-13-11-12-14-23(22)25/h11-18,22-25H,19H2,1-10H3. The van der Waals surface area contributed by atoms with E-state index in [1.807, 2.05) is 0 Å². The Hall–Kier alpha value is -1.16. The summed E-state index contributed by atoms with van der Waals surface area (Å²) in [6.07, 6.45) is 10.9. The molecule has 0 saturated heterocycles. The summed E-state index contributed by atoms with van der Waals surface area (Å²) in [5.74, 6) is 1.24. The molecule has 1 saturated carbocycles. The van der Waals surface area contributed by atoms with Crippen molar-refractivity contribution < 1.29 is 0 Å². The predicted molar refractivity (Wildman–Crippen MR) is 135 cm³/mol. The molecule has 2 aliphatic carbocycles. The SMILES string of the molecule is Cc1ccc([Si](C)(C2CC(N(C)C)C3C=CC=CC32)N(C(C)(C)C)C(C)(C)C)cc1. The lowest BCUT2D eigenvalue weighted by molar-refractivity contribution is 0.124. The monoisotopic (exact) mass is 424 g/mol.